The van der Waals surface area contributed by atoms with E-state index in [0.717, 1.165) is 10.5 Å². The highest BCUT2D eigenvalue weighted by molar-refractivity contribution is 6.05. The van der Waals surface area contributed by atoms with Crippen molar-refractivity contribution in [3.05, 3.63) is 36.2 Å². The second-order valence-electron chi connectivity index (χ2n) is 5.76. The first-order valence-electron chi connectivity index (χ1n) is 7.75. The molecule has 1 fully saturated rings. The zero-order chi connectivity index (χ0) is 18.0. The van der Waals surface area contributed by atoms with Crippen LogP contribution in [0.4, 0.5) is 4.79 Å². The predicted molar refractivity (Wildman–Crippen MR) is 88.0 cm³/mol. The molecule has 0 unspecified atom stereocenters. The Bertz CT molecular complexity index is 803. The van der Waals surface area contributed by atoms with Gasteiger partial charge in [-0.25, -0.2) is 9.78 Å². The fourth-order valence-electron chi connectivity index (χ4n) is 2.60. The third-order valence-corrected chi connectivity index (χ3v) is 4.07. The zero-order valence-electron chi connectivity index (χ0n) is 13.9. The Kier molecular flexibility index (Phi) is 4.46. The minimum atomic E-state index is -0.771. The molecule has 0 saturated carbocycles. The lowest BCUT2D eigenvalue weighted by atomic mass is 10.2. The maximum absolute atomic E-state index is 12.1. The summed E-state index contributed by atoms with van der Waals surface area (Å²) >= 11 is 0. The van der Waals surface area contributed by atoms with Crippen LogP contribution in [0.25, 0.3) is 11.4 Å². The first-order chi connectivity index (χ1) is 12.0. The van der Waals surface area contributed by atoms with E-state index in [-0.39, 0.29) is 24.8 Å². The van der Waals surface area contributed by atoms with E-state index in [0.29, 0.717) is 11.6 Å². The average molecular weight is 342 g/mol. The van der Waals surface area contributed by atoms with Gasteiger partial charge in [0.15, 0.2) is 5.82 Å². The van der Waals surface area contributed by atoms with Gasteiger partial charge in [0.05, 0.1) is 13.0 Å². The van der Waals surface area contributed by atoms with Gasteiger partial charge < -0.3 is 10.2 Å². The van der Waals surface area contributed by atoms with Crippen LogP contribution in [0.15, 0.2) is 30.3 Å². The summed E-state index contributed by atoms with van der Waals surface area (Å²) in [6.07, 6.45) is -0.0922. The first kappa shape index (κ1) is 16.6. The van der Waals surface area contributed by atoms with Crippen molar-refractivity contribution in [2.45, 2.75) is 19.0 Å². The van der Waals surface area contributed by atoms with Gasteiger partial charge >= 0.3 is 6.03 Å². The highest BCUT2D eigenvalue weighted by Crippen LogP contribution is 2.17. The number of nitrogens with zero attached hydrogens (tertiary/aromatic N) is 4. The maximum Gasteiger partial charge on any atom is 0.326 e. The van der Waals surface area contributed by atoms with Crippen molar-refractivity contribution < 1.29 is 14.4 Å². The van der Waals surface area contributed by atoms with Gasteiger partial charge in [0.2, 0.25) is 5.91 Å². The number of hydrogen-bond acceptors (Lipinski definition) is 5. The number of nitrogens with one attached hydrogen (secondary N) is 2. The summed E-state index contributed by atoms with van der Waals surface area (Å²) < 4.78 is 0. The number of H-pyrrole nitrogens is 1. The fraction of sp³-hybridized carbons (Fsp3) is 0.312. The number of hydrogen-bond donors (Lipinski definition) is 2. The fourth-order valence-corrected chi connectivity index (χ4v) is 2.60. The zero-order valence-corrected chi connectivity index (χ0v) is 13.9. The van der Waals surface area contributed by atoms with Gasteiger partial charge in [-0.2, -0.15) is 5.10 Å². The van der Waals surface area contributed by atoms with E-state index >= 15 is 0 Å². The van der Waals surface area contributed by atoms with Crippen LogP contribution < -0.4 is 5.32 Å². The first-order valence-corrected chi connectivity index (χ1v) is 7.75. The predicted octanol–water partition coefficient (Wildman–Crippen LogP) is 0.370. The van der Waals surface area contributed by atoms with Gasteiger partial charge in [0, 0.05) is 19.7 Å². The second-order valence-corrected chi connectivity index (χ2v) is 5.76. The molecule has 2 N–H and O–H groups in total. The van der Waals surface area contributed by atoms with Crippen LogP contribution in [-0.4, -0.2) is 63.0 Å². The van der Waals surface area contributed by atoms with Gasteiger partial charge in [-0.05, 0) is 0 Å². The summed E-state index contributed by atoms with van der Waals surface area (Å²) in [7, 11) is 2.91. The number of rotatable bonds is 5. The summed E-state index contributed by atoms with van der Waals surface area (Å²) in [4.78, 5) is 42.3. The minimum absolute atomic E-state index is 0.0922. The maximum atomic E-state index is 12.1. The van der Waals surface area contributed by atoms with Crippen molar-refractivity contribution >= 4 is 17.8 Å². The largest absolute Gasteiger partial charge is 0.349 e. The third kappa shape index (κ3) is 3.35. The number of likely N-dealkylation sites (N-methyl/N-ethyl adjacent to an activating group) is 2. The second kappa shape index (κ2) is 6.71. The van der Waals surface area contributed by atoms with E-state index in [1.165, 1.54) is 19.0 Å². The molecule has 2 heterocycles. The van der Waals surface area contributed by atoms with Crippen LogP contribution in [0.5, 0.6) is 0 Å². The highest BCUT2D eigenvalue weighted by Gasteiger charge is 2.41. The monoisotopic (exact) mass is 342 g/mol. The Morgan fingerprint density at radius 2 is 1.96 bits per heavy atom. The van der Waals surface area contributed by atoms with Crippen molar-refractivity contribution in [3.8, 4) is 11.4 Å². The van der Waals surface area contributed by atoms with Gasteiger partial charge in [-0.1, -0.05) is 30.3 Å². The topological polar surface area (TPSA) is 111 Å². The molecule has 2 aromatic rings. The van der Waals surface area contributed by atoms with Crippen molar-refractivity contribution in [1.29, 1.82) is 0 Å². The number of benzene rings is 1. The summed E-state index contributed by atoms with van der Waals surface area (Å²) in [5.41, 5.74) is 0.871. The molecule has 1 saturated heterocycles. The molecular formula is C16H18N6O3. The van der Waals surface area contributed by atoms with Gasteiger partial charge in [0.25, 0.3) is 5.91 Å². The SMILES string of the molecule is CN1C(=O)[C@@H](CC(=O)NCc2nc(-c3ccccc3)n[nH]2)N(C)C1=O. The van der Waals surface area contributed by atoms with Crippen molar-refractivity contribution in [2.75, 3.05) is 14.1 Å². The molecule has 0 radical (unpaired) electrons. The summed E-state index contributed by atoms with van der Waals surface area (Å²) in [6.45, 7) is 0.160. The Labute approximate surface area is 144 Å². The lowest BCUT2D eigenvalue weighted by molar-refractivity contribution is -0.131. The minimum Gasteiger partial charge on any atom is -0.349 e. The van der Waals surface area contributed by atoms with Crippen LogP contribution in [0, 0.1) is 0 Å². The van der Waals surface area contributed by atoms with E-state index in [1.54, 1.807) is 0 Å². The number of amides is 4. The molecule has 1 aromatic carbocycles. The smallest absolute Gasteiger partial charge is 0.326 e. The van der Waals surface area contributed by atoms with E-state index in [2.05, 4.69) is 20.5 Å². The van der Waals surface area contributed by atoms with Crippen molar-refractivity contribution in [3.63, 3.8) is 0 Å². The Morgan fingerprint density at radius 1 is 1.24 bits per heavy atom. The van der Waals surface area contributed by atoms with Crippen molar-refractivity contribution in [2.24, 2.45) is 0 Å². The Morgan fingerprint density at radius 3 is 2.60 bits per heavy atom. The van der Waals surface area contributed by atoms with Gasteiger partial charge in [-0.15, -0.1) is 0 Å². The van der Waals surface area contributed by atoms with E-state index < -0.39 is 12.1 Å². The molecule has 1 aliphatic rings. The van der Waals surface area contributed by atoms with Gasteiger partial charge in [0.1, 0.15) is 11.9 Å². The quantitative estimate of drug-likeness (QED) is 0.763. The van der Waals surface area contributed by atoms with Crippen LogP contribution >= 0.6 is 0 Å². The molecule has 1 aliphatic heterocycles. The molecule has 9 heteroatoms. The van der Waals surface area contributed by atoms with Crippen LogP contribution in [0.3, 0.4) is 0 Å². The lowest BCUT2D eigenvalue weighted by Crippen LogP contribution is -2.37. The summed E-state index contributed by atoms with van der Waals surface area (Å²) in [6, 6.07) is 8.28. The molecule has 9 nitrogen and oxygen atoms in total. The van der Waals surface area contributed by atoms with Crippen molar-refractivity contribution in [1.82, 2.24) is 30.3 Å². The summed E-state index contributed by atoms with van der Waals surface area (Å²) in [5, 5.41) is 9.56. The van der Waals surface area contributed by atoms with E-state index in [4.69, 9.17) is 0 Å². The van der Waals surface area contributed by atoms with Crippen LogP contribution in [0.1, 0.15) is 12.2 Å². The van der Waals surface area contributed by atoms with Gasteiger partial charge in [-0.3, -0.25) is 19.6 Å². The molecule has 0 aliphatic carbocycles. The number of imide groups is 1. The number of urea groups is 1. The summed E-state index contributed by atoms with van der Waals surface area (Å²) in [5.74, 6) is 0.328. The molecule has 0 bridgehead atoms. The van der Waals surface area contributed by atoms with Crippen LogP contribution in [-0.2, 0) is 16.1 Å². The number of aromatic amines is 1. The normalized spacial score (nSPS) is 17.3. The number of carbonyl (C=O) groups excluding carboxylic acids is 3. The molecule has 0 spiro atoms. The molecule has 1 atom stereocenters. The molecule has 1 aromatic heterocycles. The molecular weight excluding hydrogens is 324 g/mol. The Hall–Kier alpha value is -3.23. The van der Waals surface area contributed by atoms with E-state index in [9.17, 15) is 14.4 Å². The van der Waals surface area contributed by atoms with Crippen LogP contribution in [0.2, 0.25) is 0 Å². The number of carbonyl (C=O) groups is 3. The Balaban J connectivity index is 1.56. The lowest BCUT2D eigenvalue weighted by Gasteiger charge is -2.15. The molecule has 4 amide bonds. The average Bonchev–Trinajstić information content (AvgIpc) is 3.17. The molecule has 25 heavy (non-hydrogen) atoms. The highest BCUT2D eigenvalue weighted by atomic mass is 16.2. The third-order valence-electron chi connectivity index (χ3n) is 4.07. The number of aromatic nitrogens is 3. The van der Waals surface area contributed by atoms with E-state index in [1.807, 2.05) is 30.3 Å². The molecule has 130 valence electrons. The molecule has 3 rings (SSSR count). The standard InChI is InChI=1S/C16H18N6O3/c1-21-11(15(24)22(2)16(21)25)8-13(23)17-9-12-18-14(20-19-12)10-6-4-3-5-7-10/h3-7,11H,8-9H2,1-2H3,(H,17,23)(H,18,19,20)/t11-/m1/s1.